The van der Waals surface area contributed by atoms with Crippen molar-refractivity contribution in [1.29, 1.82) is 5.26 Å². The molecule has 8 heavy (non-hydrogen) atoms. The third-order valence-electron chi connectivity index (χ3n) is 0.668. The normalized spacial score (nSPS) is 6.88. The fraction of sp³-hybridized carbons (Fsp3) is 0. The van der Waals surface area contributed by atoms with Crippen LogP contribution in [0.3, 0.4) is 0 Å². The van der Waals surface area contributed by atoms with E-state index >= 15 is 0 Å². The Morgan fingerprint density at radius 3 is 2.62 bits per heavy atom. The molecule has 0 aliphatic rings. The van der Waals surface area contributed by atoms with Gasteiger partial charge in [-0.25, -0.2) is 0 Å². The van der Waals surface area contributed by atoms with E-state index in [0.29, 0.717) is 5.69 Å². The summed E-state index contributed by atoms with van der Waals surface area (Å²) in [5, 5.41) is 8.11. The third kappa shape index (κ3) is 2.12. The van der Waals surface area contributed by atoms with E-state index in [1.54, 1.807) is 18.3 Å². The van der Waals surface area contributed by atoms with Crippen molar-refractivity contribution in [3.8, 4) is 6.07 Å². The van der Waals surface area contributed by atoms with Crippen LogP contribution in [-0.4, -0.2) is 0 Å². The molecule has 0 spiro atoms. The molecule has 1 aromatic heterocycles. The zero-order valence-electron chi connectivity index (χ0n) is 4.63. The first-order valence-corrected chi connectivity index (χ1v) is 1.91. The monoisotopic (exact) mass is 130 g/mol. The molecule has 0 fully saturated rings. The molecule has 0 bridgehead atoms. The molecule has 0 aliphatic carbocycles. The van der Waals surface area contributed by atoms with Crippen LogP contribution in [0.1, 0.15) is 5.69 Å². The number of hydrogen-bond donors (Lipinski definition) is 0. The second-order valence-electron chi connectivity index (χ2n) is 1.13. The van der Waals surface area contributed by atoms with Crippen molar-refractivity contribution >= 4 is 0 Å². The standard InChI is InChI=1S/C5H3N2.K/c6-4-5-2-1-3-7-5;/h1-3H;/q-1;+1. The molecule has 0 amide bonds. The van der Waals surface area contributed by atoms with E-state index in [9.17, 15) is 0 Å². The van der Waals surface area contributed by atoms with Crippen LogP contribution in [0.25, 0.3) is 0 Å². The summed E-state index contributed by atoms with van der Waals surface area (Å²) in [6.07, 6.45) is 1.60. The predicted octanol–water partition coefficient (Wildman–Crippen LogP) is -2.48. The van der Waals surface area contributed by atoms with Crippen molar-refractivity contribution in [3.05, 3.63) is 24.0 Å². The summed E-state index contributed by atoms with van der Waals surface area (Å²) in [6, 6.07) is 5.30. The van der Waals surface area contributed by atoms with Gasteiger partial charge in [-0.1, -0.05) is 17.8 Å². The average molecular weight is 130 g/mol. The zero-order valence-corrected chi connectivity index (χ0v) is 7.75. The van der Waals surface area contributed by atoms with Gasteiger partial charge in [0.2, 0.25) is 0 Å². The zero-order chi connectivity index (χ0) is 5.11. The summed E-state index contributed by atoms with van der Waals surface area (Å²) in [7, 11) is 0. The maximum Gasteiger partial charge on any atom is 1.00 e. The topological polar surface area (TPSA) is 37.9 Å². The molecule has 0 saturated heterocycles. The average Bonchev–Trinajstić information content (AvgIpc) is 2.14. The smallest absolute Gasteiger partial charge is 0.655 e. The molecular weight excluding hydrogens is 127 g/mol. The van der Waals surface area contributed by atoms with Gasteiger partial charge in [0.15, 0.2) is 0 Å². The van der Waals surface area contributed by atoms with Crippen molar-refractivity contribution in [1.82, 2.24) is 4.98 Å². The molecule has 0 saturated carbocycles. The number of rotatable bonds is 0. The molecule has 1 rings (SSSR count). The first-order chi connectivity index (χ1) is 3.43. The molecule has 0 unspecified atom stereocenters. The van der Waals surface area contributed by atoms with Crippen LogP contribution >= 0.6 is 0 Å². The van der Waals surface area contributed by atoms with Gasteiger partial charge in [0.05, 0.1) is 6.07 Å². The van der Waals surface area contributed by atoms with Gasteiger partial charge < -0.3 is 4.98 Å². The van der Waals surface area contributed by atoms with Crippen LogP contribution in [0.5, 0.6) is 0 Å². The Hall–Kier alpha value is 0.406. The molecule has 2 nitrogen and oxygen atoms in total. The SMILES string of the molecule is N#Cc1ccc[n-]1.[K+]. The molecule has 3 heteroatoms. The first kappa shape index (κ1) is 8.41. The van der Waals surface area contributed by atoms with Crippen LogP contribution in [0.15, 0.2) is 18.3 Å². The van der Waals surface area contributed by atoms with Gasteiger partial charge in [-0.05, 0) is 0 Å². The van der Waals surface area contributed by atoms with E-state index in [1.165, 1.54) is 0 Å². The van der Waals surface area contributed by atoms with Gasteiger partial charge in [-0.2, -0.15) is 11.5 Å². The largest absolute Gasteiger partial charge is 1.00 e. The number of hydrogen-bond acceptors (Lipinski definition) is 1. The third-order valence-corrected chi connectivity index (χ3v) is 0.668. The molecule has 0 aromatic carbocycles. The Bertz CT molecular complexity index is 173. The fourth-order valence-corrected chi connectivity index (χ4v) is 0.367. The van der Waals surface area contributed by atoms with E-state index in [1.807, 2.05) is 6.07 Å². The van der Waals surface area contributed by atoms with Crippen molar-refractivity contribution in [2.75, 3.05) is 0 Å². The minimum Gasteiger partial charge on any atom is -0.655 e. The quantitative estimate of drug-likeness (QED) is 0.365. The Labute approximate surface area is 90.3 Å². The number of nitrogens with zero attached hydrogens (tertiary/aromatic N) is 2. The van der Waals surface area contributed by atoms with Crippen molar-refractivity contribution in [3.63, 3.8) is 0 Å². The molecule has 1 aromatic rings. The summed E-state index contributed by atoms with van der Waals surface area (Å²) in [6.45, 7) is 0. The first-order valence-electron chi connectivity index (χ1n) is 1.91. The van der Waals surface area contributed by atoms with Gasteiger partial charge in [-0.15, -0.1) is 0 Å². The van der Waals surface area contributed by atoms with Crippen LogP contribution in [0, 0.1) is 11.3 Å². The molecule has 0 aliphatic heterocycles. The predicted molar refractivity (Wildman–Crippen MR) is 24.5 cm³/mol. The number of aromatic nitrogens is 1. The van der Waals surface area contributed by atoms with Gasteiger partial charge in [0.1, 0.15) is 0 Å². The molecule has 1 heterocycles. The van der Waals surface area contributed by atoms with Gasteiger partial charge in [-0.3, -0.25) is 0 Å². The molecule has 34 valence electrons. The van der Waals surface area contributed by atoms with E-state index < -0.39 is 0 Å². The van der Waals surface area contributed by atoms with Gasteiger partial charge in [0.25, 0.3) is 0 Å². The van der Waals surface area contributed by atoms with Gasteiger partial charge >= 0.3 is 51.4 Å². The Balaban J connectivity index is 0.000000490. The molecular formula is C5H3KN2. The van der Waals surface area contributed by atoms with Crippen molar-refractivity contribution in [2.45, 2.75) is 0 Å². The van der Waals surface area contributed by atoms with Crippen LogP contribution < -0.4 is 56.4 Å². The van der Waals surface area contributed by atoms with E-state index in [0.717, 1.165) is 0 Å². The minimum absolute atomic E-state index is 0. The second-order valence-corrected chi connectivity index (χ2v) is 1.13. The minimum atomic E-state index is 0. The van der Waals surface area contributed by atoms with E-state index in [4.69, 9.17) is 5.26 Å². The Morgan fingerprint density at radius 2 is 2.38 bits per heavy atom. The van der Waals surface area contributed by atoms with Crippen molar-refractivity contribution < 1.29 is 51.4 Å². The van der Waals surface area contributed by atoms with E-state index in [2.05, 4.69) is 4.98 Å². The van der Waals surface area contributed by atoms with Crippen LogP contribution in [0.4, 0.5) is 0 Å². The maximum absolute atomic E-state index is 8.11. The molecule has 0 radical (unpaired) electrons. The molecule has 0 N–H and O–H groups in total. The summed E-state index contributed by atoms with van der Waals surface area (Å²) in [5.41, 5.74) is 0.486. The van der Waals surface area contributed by atoms with Gasteiger partial charge in [0, 0.05) is 0 Å². The number of nitriles is 1. The summed E-state index contributed by atoms with van der Waals surface area (Å²) < 4.78 is 0. The van der Waals surface area contributed by atoms with Crippen LogP contribution in [0.2, 0.25) is 0 Å². The maximum atomic E-state index is 8.11. The van der Waals surface area contributed by atoms with Crippen LogP contribution in [-0.2, 0) is 0 Å². The Kier molecular flexibility index (Phi) is 4.52. The summed E-state index contributed by atoms with van der Waals surface area (Å²) >= 11 is 0. The van der Waals surface area contributed by atoms with Crippen molar-refractivity contribution in [2.24, 2.45) is 0 Å². The summed E-state index contributed by atoms with van der Waals surface area (Å²) in [5.74, 6) is 0. The molecule has 0 atom stereocenters. The van der Waals surface area contributed by atoms with E-state index in [-0.39, 0.29) is 51.4 Å². The summed E-state index contributed by atoms with van der Waals surface area (Å²) in [4.78, 5) is 3.67. The fourth-order valence-electron chi connectivity index (χ4n) is 0.367. The second kappa shape index (κ2) is 4.30. The Morgan fingerprint density at radius 1 is 1.62 bits per heavy atom.